The van der Waals surface area contributed by atoms with Crippen molar-refractivity contribution in [2.45, 2.75) is 17.7 Å². The van der Waals surface area contributed by atoms with Gasteiger partial charge in [0.15, 0.2) is 9.84 Å². The van der Waals surface area contributed by atoms with Crippen LogP contribution in [-0.2, 0) is 14.6 Å². The van der Waals surface area contributed by atoms with Crippen LogP contribution >= 0.6 is 0 Å². The van der Waals surface area contributed by atoms with Gasteiger partial charge in [-0.1, -0.05) is 13.0 Å². The van der Waals surface area contributed by atoms with Gasteiger partial charge < -0.3 is 4.79 Å². The third-order valence-corrected chi connectivity index (χ3v) is 3.33. The van der Waals surface area contributed by atoms with Crippen LogP contribution in [0, 0.1) is 4.91 Å². The molecule has 0 radical (unpaired) electrons. The molecule has 0 N–H and O–H groups in total. The topological polar surface area (TPSA) is 80.6 Å². The summed E-state index contributed by atoms with van der Waals surface area (Å²) in [4.78, 5) is 21.2. The molecule has 1 atom stereocenters. The number of sulfone groups is 1. The molecule has 0 amide bonds. The minimum atomic E-state index is -3.37. The highest BCUT2D eigenvalue weighted by Crippen LogP contribution is 2.28. The van der Waals surface area contributed by atoms with Gasteiger partial charge in [-0.25, -0.2) is 8.42 Å². The van der Waals surface area contributed by atoms with Crippen molar-refractivity contribution in [1.29, 1.82) is 0 Å². The predicted octanol–water partition coefficient (Wildman–Crippen LogP) is 1.79. The highest BCUT2D eigenvalue weighted by molar-refractivity contribution is 7.90. The Labute approximate surface area is 93.4 Å². The minimum Gasteiger partial charge on any atom is -0.303 e. The Morgan fingerprint density at radius 3 is 2.44 bits per heavy atom. The molecule has 0 spiro atoms. The van der Waals surface area contributed by atoms with Gasteiger partial charge in [-0.05, 0) is 22.9 Å². The number of nitrogens with zero attached hydrogens (tertiary/aromatic N) is 1. The summed E-state index contributed by atoms with van der Waals surface area (Å²) in [5, 5.41) is 2.74. The molecule has 86 valence electrons. The zero-order valence-corrected chi connectivity index (χ0v) is 9.69. The summed E-state index contributed by atoms with van der Waals surface area (Å²) in [6, 6.07) is 3.98. The van der Waals surface area contributed by atoms with E-state index in [0.717, 1.165) is 6.26 Å². The smallest absolute Gasteiger partial charge is 0.175 e. The highest BCUT2D eigenvalue weighted by atomic mass is 32.2. The van der Waals surface area contributed by atoms with E-state index < -0.39 is 15.8 Å². The molecular formula is C10H11NO4S. The summed E-state index contributed by atoms with van der Waals surface area (Å²) in [6.45, 7) is 1.61. The Kier molecular flexibility index (Phi) is 3.54. The lowest BCUT2D eigenvalue weighted by molar-refractivity contribution is -0.108. The summed E-state index contributed by atoms with van der Waals surface area (Å²) < 4.78 is 22.5. The second-order valence-corrected chi connectivity index (χ2v) is 5.52. The fraction of sp³-hybridized carbons (Fsp3) is 0.300. The molecule has 5 nitrogen and oxygen atoms in total. The first kappa shape index (κ1) is 12.5. The van der Waals surface area contributed by atoms with Gasteiger partial charge in [-0.3, -0.25) is 0 Å². The lowest BCUT2D eigenvalue weighted by Crippen LogP contribution is -2.00. The van der Waals surface area contributed by atoms with Crippen molar-refractivity contribution in [2.24, 2.45) is 5.18 Å². The molecule has 1 aromatic carbocycles. The molecule has 16 heavy (non-hydrogen) atoms. The average molecular weight is 241 g/mol. The maximum atomic E-state index is 11.2. The van der Waals surface area contributed by atoms with E-state index in [1.165, 1.54) is 18.2 Å². The molecule has 1 aromatic rings. The normalized spacial score (nSPS) is 13.1. The fourth-order valence-electron chi connectivity index (χ4n) is 1.29. The van der Waals surface area contributed by atoms with E-state index in [1.807, 2.05) is 0 Å². The molecule has 0 aliphatic heterocycles. The van der Waals surface area contributed by atoms with Gasteiger partial charge in [-0.2, -0.15) is 0 Å². The van der Waals surface area contributed by atoms with Crippen LogP contribution in [0.3, 0.4) is 0 Å². The maximum Gasteiger partial charge on any atom is 0.175 e. The van der Waals surface area contributed by atoms with Gasteiger partial charge in [0, 0.05) is 12.2 Å². The number of benzene rings is 1. The zero-order chi connectivity index (χ0) is 12.3. The molecular weight excluding hydrogens is 230 g/mol. The van der Waals surface area contributed by atoms with E-state index in [0.29, 0.717) is 11.8 Å². The molecule has 0 aliphatic carbocycles. The Morgan fingerprint density at radius 2 is 2.00 bits per heavy atom. The Balaban J connectivity index is 3.38. The van der Waals surface area contributed by atoms with E-state index in [1.54, 1.807) is 6.92 Å². The van der Waals surface area contributed by atoms with E-state index in [9.17, 15) is 18.1 Å². The predicted molar refractivity (Wildman–Crippen MR) is 59.5 cm³/mol. The van der Waals surface area contributed by atoms with Gasteiger partial charge in [0.05, 0.1) is 4.90 Å². The first-order valence-corrected chi connectivity index (χ1v) is 6.42. The molecule has 0 aliphatic rings. The van der Waals surface area contributed by atoms with Gasteiger partial charge in [-0.15, -0.1) is 4.91 Å². The van der Waals surface area contributed by atoms with E-state index in [4.69, 9.17) is 0 Å². The van der Waals surface area contributed by atoms with Crippen molar-refractivity contribution in [3.05, 3.63) is 28.7 Å². The number of rotatable bonds is 4. The van der Waals surface area contributed by atoms with Crippen LogP contribution in [0.15, 0.2) is 28.3 Å². The molecule has 0 saturated carbocycles. The lowest BCUT2D eigenvalue weighted by Gasteiger charge is -2.07. The number of aldehydes is 1. The fourth-order valence-corrected chi connectivity index (χ4v) is 1.93. The molecule has 1 rings (SSSR count). The molecule has 0 saturated heterocycles. The number of nitroso groups, excluding NO2 is 1. The monoisotopic (exact) mass is 241 g/mol. The number of hydrogen-bond acceptors (Lipinski definition) is 5. The van der Waals surface area contributed by atoms with Gasteiger partial charge >= 0.3 is 0 Å². The van der Waals surface area contributed by atoms with Crippen molar-refractivity contribution in [3.8, 4) is 0 Å². The molecule has 0 fully saturated rings. The number of carbonyl (C=O) groups excluding carboxylic acids is 1. The van der Waals surface area contributed by atoms with Crippen LogP contribution in [0.2, 0.25) is 0 Å². The Morgan fingerprint density at radius 1 is 1.38 bits per heavy atom. The number of carbonyl (C=O) groups is 1. The second-order valence-electron chi connectivity index (χ2n) is 3.51. The first-order chi connectivity index (χ1) is 7.40. The summed E-state index contributed by atoms with van der Waals surface area (Å²) in [6.07, 6.45) is 1.71. The van der Waals surface area contributed by atoms with Crippen LogP contribution in [0.1, 0.15) is 18.4 Å². The minimum absolute atomic E-state index is 0.0116. The standard InChI is InChI=1S/C10H11NO4S/c1-7(6-12)9-4-3-8(16(2,14)15)5-10(9)11-13/h3-7H,1-2H3. The van der Waals surface area contributed by atoms with E-state index in [2.05, 4.69) is 5.18 Å². The Hall–Kier alpha value is -1.56. The van der Waals surface area contributed by atoms with Crippen LogP contribution in [0.5, 0.6) is 0 Å². The summed E-state index contributed by atoms with van der Waals surface area (Å²) in [7, 11) is -3.37. The molecule has 0 bridgehead atoms. The van der Waals surface area contributed by atoms with Gasteiger partial charge in [0.25, 0.3) is 0 Å². The van der Waals surface area contributed by atoms with Crippen LogP contribution in [0.25, 0.3) is 0 Å². The average Bonchev–Trinajstić information content (AvgIpc) is 2.26. The summed E-state index contributed by atoms with van der Waals surface area (Å²) in [5.41, 5.74) is 0.417. The quantitative estimate of drug-likeness (QED) is 0.594. The second kappa shape index (κ2) is 4.52. The lowest BCUT2D eigenvalue weighted by atomic mass is 10.0. The summed E-state index contributed by atoms with van der Waals surface area (Å²) >= 11 is 0. The van der Waals surface area contributed by atoms with Crippen molar-refractivity contribution in [3.63, 3.8) is 0 Å². The van der Waals surface area contributed by atoms with Crippen molar-refractivity contribution in [1.82, 2.24) is 0 Å². The van der Waals surface area contributed by atoms with Crippen molar-refractivity contribution < 1.29 is 13.2 Å². The molecule has 6 heteroatoms. The van der Waals surface area contributed by atoms with E-state index in [-0.39, 0.29) is 10.6 Å². The third-order valence-electron chi connectivity index (χ3n) is 2.22. The maximum absolute atomic E-state index is 11.2. The van der Waals surface area contributed by atoms with Gasteiger partial charge in [0.1, 0.15) is 12.0 Å². The van der Waals surface area contributed by atoms with Crippen LogP contribution in [0.4, 0.5) is 5.69 Å². The van der Waals surface area contributed by atoms with Crippen LogP contribution in [-0.4, -0.2) is 21.0 Å². The SMILES string of the molecule is CC(C=O)c1ccc(S(C)(=O)=O)cc1N=O. The molecule has 0 heterocycles. The first-order valence-electron chi connectivity index (χ1n) is 4.52. The highest BCUT2D eigenvalue weighted by Gasteiger charge is 2.15. The number of hydrogen-bond donors (Lipinski definition) is 0. The van der Waals surface area contributed by atoms with Crippen molar-refractivity contribution >= 4 is 21.8 Å². The van der Waals surface area contributed by atoms with Crippen molar-refractivity contribution in [2.75, 3.05) is 6.26 Å². The third kappa shape index (κ3) is 2.52. The van der Waals surface area contributed by atoms with E-state index >= 15 is 0 Å². The van der Waals surface area contributed by atoms with Crippen LogP contribution < -0.4 is 0 Å². The molecule has 0 aromatic heterocycles. The Bertz CT molecular complexity index is 522. The molecule has 1 unspecified atom stereocenters. The van der Waals surface area contributed by atoms with Gasteiger partial charge in [0.2, 0.25) is 0 Å². The largest absolute Gasteiger partial charge is 0.303 e. The zero-order valence-electron chi connectivity index (χ0n) is 8.88. The summed E-state index contributed by atoms with van der Waals surface area (Å²) in [5.74, 6) is -0.485.